The van der Waals surface area contributed by atoms with Gasteiger partial charge in [0.2, 0.25) is 5.91 Å². The predicted octanol–water partition coefficient (Wildman–Crippen LogP) is 3.05. The van der Waals surface area contributed by atoms with Crippen LogP contribution in [0.2, 0.25) is 5.02 Å². The lowest BCUT2D eigenvalue weighted by Crippen LogP contribution is -2.48. The van der Waals surface area contributed by atoms with Gasteiger partial charge < -0.3 is 10.3 Å². The molecule has 2 atom stereocenters. The van der Waals surface area contributed by atoms with Gasteiger partial charge in [0.25, 0.3) is 5.91 Å². The number of H-pyrrole nitrogens is 1. The summed E-state index contributed by atoms with van der Waals surface area (Å²) in [7, 11) is 1.46. The minimum Gasteiger partial charge on any atom is -0.350 e. The van der Waals surface area contributed by atoms with Crippen molar-refractivity contribution in [2.24, 2.45) is 5.92 Å². The fraction of sp³-hybridized carbons (Fsp3) is 0.389. The predicted molar refractivity (Wildman–Crippen MR) is 94.9 cm³/mol. The van der Waals surface area contributed by atoms with Crippen molar-refractivity contribution in [1.82, 2.24) is 15.2 Å². The van der Waals surface area contributed by atoms with Gasteiger partial charge in [-0.05, 0) is 31.0 Å². The normalized spacial score (nSPS) is 20.0. The van der Waals surface area contributed by atoms with E-state index in [0.717, 1.165) is 35.1 Å². The topological polar surface area (TPSA) is 89.0 Å². The van der Waals surface area contributed by atoms with Crippen LogP contribution in [0.1, 0.15) is 36.2 Å². The molecule has 2 aromatic rings. The zero-order chi connectivity index (χ0) is 18.0. The highest BCUT2D eigenvalue weighted by Crippen LogP contribution is 2.27. The molecule has 6 nitrogen and oxygen atoms in total. The van der Waals surface area contributed by atoms with Gasteiger partial charge in [0.05, 0.1) is 5.92 Å². The summed E-state index contributed by atoms with van der Waals surface area (Å²) in [6, 6.07) is 6.89. The second-order valence-corrected chi connectivity index (χ2v) is 6.82. The Bertz CT molecular complexity index is 854. The van der Waals surface area contributed by atoms with E-state index in [-0.39, 0.29) is 23.8 Å². The molecule has 0 aliphatic heterocycles. The fourth-order valence-electron chi connectivity index (χ4n) is 3.36. The number of carbonyl (C=O) groups excluding carboxylic acids is 2. The maximum Gasteiger partial charge on any atom is 0.267 e. The molecule has 3 rings (SSSR count). The van der Waals surface area contributed by atoms with Crippen LogP contribution in [-0.2, 0) is 4.79 Å². The molecule has 1 heterocycles. The van der Waals surface area contributed by atoms with Crippen molar-refractivity contribution in [2.75, 3.05) is 7.05 Å². The third-order valence-electron chi connectivity index (χ3n) is 4.71. The van der Waals surface area contributed by atoms with Crippen molar-refractivity contribution in [3.63, 3.8) is 0 Å². The highest BCUT2D eigenvalue weighted by Gasteiger charge is 2.34. The number of fused-ring (bicyclic) bond motifs is 1. The van der Waals surface area contributed by atoms with E-state index in [1.807, 2.05) is 12.3 Å². The van der Waals surface area contributed by atoms with Crippen LogP contribution in [0.3, 0.4) is 0 Å². The number of hydrogen-bond donors (Lipinski definition) is 2. The maximum atomic E-state index is 12.6. The third kappa shape index (κ3) is 3.62. The minimum atomic E-state index is -0.360. The largest absolute Gasteiger partial charge is 0.350 e. The van der Waals surface area contributed by atoms with Gasteiger partial charge in [0.1, 0.15) is 5.69 Å². The average molecular weight is 359 g/mol. The number of nitrogens with one attached hydrogen (secondary N) is 2. The van der Waals surface area contributed by atoms with Gasteiger partial charge in [0.15, 0.2) is 6.19 Å². The molecule has 7 heteroatoms. The molecule has 130 valence electrons. The summed E-state index contributed by atoms with van der Waals surface area (Å²) in [6.45, 7) is 0. The van der Waals surface area contributed by atoms with E-state index in [1.165, 1.54) is 7.05 Å². The molecule has 0 bridgehead atoms. The molecule has 0 radical (unpaired) electrons. The number of carbonyl (C=O) groups is 2. The van der Waals surface area contributed by atoms with Crippen molar-refractivity contribution in [2.45, 2.75) is 31.7 Å². The number of hydrogen-bond acceptors (Lipinski definition) is 3. The van der Waals surface area contributed by atoms with Crippen LogP contribution < -0.4 is 5.32 Å². The molecule has 1 aliphatic carbocycles. The Morgan fingerprint density at radius 3 is 2.84 bits per heavy atom. The summed E-state index contributed by atoms with van der Waals surface area (Å²) in [5, 5.41) is 13.4. The van der Waals surface area contributed by atoms with E-state index in [4.69, 9.17) is 16.9 Å². The Morgan fingerprint density at radius 2 is 2.08 bits per heavy atom. The molecular weight excluding hydrogens is 340 g/mol. The summed E-state index contributed by atoms with van der Waals surface area (Å²) < 4.78 is 0. The first kappa shape index (κ1) is 17.3. The number of nitriles is 1. The fourth-order valence-corrected chi connectivity index (χ4v) is 3.54. The van der Waals surface area contributed by atoms with Gasteiger partial charge in [-0.25, -0.2) is 0 Å². The summed E-state index contributed by atoms with van der Waals surface area (Å²) in [6.07, 6.45) is 5.13. The molecule has 0 unspecified atom stereocenters. The van der Waals surface area contributed by atoms with Crippen molar-refractivity contribution >= 4 is 34.3 Å². The highest BCUT2D eigenvalue weighted by molar-refractivity contribution is 6.31. The zero-order valence-corrected chi connectivity index (χ0v) is 14.6. The molecular formula is C18H19ClN4O2. The number of benzene rings is 1. The van der Waals surface area contributed by atoms with Crippen molar-refractivity contribution < 1.29 is 9.59 Å². The molecule has 1 aromatic carbocycles. The first-order chi connectivity index (χ1) is 12.0. The molecule has 1 fully saturated rings. The van der Waals surface area contributed by atoms with Gasteiger partial charge in [0, 0.05) is 29.0 Å². The highest BCUT2D eigenvalue weighted by atomic mass is 35.5. The van der Waals surface area contributed by atoms with E-state index in [0.29, 0.717) is 17.1 Å². The third-order valence-corrected chi connectivity index (χ3v) is 4.94. The first-order valence-electron chi connectivity index (χ1n) is 8.26. The Balaban J connectivity index is 1.77. The zero-order valence-electron chi connectivity index (χ0n) is 13.9. The first-order valence-corrected chi connectivity index (χ1v) is 8.64. The van der Waals surface area contributed by atoms with Crippen molar-refractivity contribution in [3.8, 4) is 6.19 Å². The van der Waals surface area contributed by atoms with E-state index in [1.54, 1.807) is 18.2 Å². The monoisotopic (exact) mass is 358 g/mol. The van der Waals surface area contributed by atoms with E-state index >= 15 is 0 Å². The van der Waals surface area contributed by atoms with E-state index < -0.39 is 0 Å². The number of amides is 2. The summed E-state index contributed by atoms with van der Waals surface area (Å²) >= 11 is 5.97. The van der Waals surface area contributed by atoms with Crippen molar-refractivity contribution in [1.29, 1.82) is 5.26 Å². The minimum absolute atomic E-state index is 0.240. The number of halogens is 1. The van der Waals surface area contributed by atoms with Crippen LogP contribution in [0.15, 0.2) is 24.3 Å². The quantitative estimate of drug-likeness (QED) is 0.652. The van der Waals surface area contributed by atoms with Crippen LogP contribution in [0.25, 0.3) is 10.9 Å². The smallest absolute Gasteiger partial charge is 0.267 e. The molecule has 2 amide bonds. The van der Waals surface area contributed by atoms with Crippen LogP contribution in [-0.4, -0.2) is 34.8 Å². The van der Waals surface area contributed by atoms with Gasteiger partial charge in [-0.15, -0.1) is 0 Å². The molecule has 1 saturated carbocycles. The second kappa shape index (κ2) is 7.16. The van der Waals surface area contributed by atoms with Crippen molar-refractivity contribution in [3.05, 3.63) is 35.0 Å². The number of aromatic nitrogens is 1. The lowest BCUT2D eigenvalue weighted by Gasteiger charge is -2.31. The lowest BCUT2D eigenvalue weighted by molar-refractivity contribution is -0.133. The summed E-state index contributed by atoms with van der Waals surface area (Å²) in [5.41, 5.74) is 1.22. The SMILES string of the molecule is CN(C#N)C(=O)[C@@H]1CCCC[C@@H]1NC(=O)c1cc2ccc(Cl)cc2[nH]1. The van der Waals surface area contributed by atoms with Crippen LogP contribution in [0.4, 0.5) is 0 Å². The number of rotatable bonds is 3. The summed E-state index contributed by atoms with van der Waals surface area (Å²) in [4.78, 5) is 29.1. The van der Waals surface area contributed by atoms with Gasteiger partial charge >= 0.3 is 0 Å². The maximum absolute atomic E-state index is 12.6. The lowest BCUT2D eigenvalue weighted by atomic mass is 9.83. The number of nitrogens with zero attached hydrogens (tertiary/aromatic N) is 2. The Kier molecular flexibility index (Phi) is 4.95. The average Bonchev–Trinajstić information content (AvgIpc) is 3.04. The molecule has 0 spiro atoms. The van der Waals surface area contributed by atoms with E-state index in [9.17, 15) is 9.59 Å². The van der Waals surface area contributed by atoms with Crippen LogP contribution in [0.5, 0.6) is 0 Å². The molecule has 0 saturated heterocycles. The standard InChI is InChI=1S/C18H19ClN4O2/c1-23(10-20)18(25)13-4-2-3-5-14(13)22-17(24)16-8-11-6-7-12(19)9-15(11)21-16/h6-9,13-14,21H,2-5H2,1H3,(H,22,24)/t13-,14+/m1/s1. The molecule has 1 aliphatic rings. The van der Waals surface area contributed by atoms with Crippen LogP contribution >= 0.6 is 11.6 Å². The van der Waals surface area contributed by atoms with Crippen LogP contribution in [0, 0.1) is 17.4 Å². The number of aromatic amines is 1. The Labute approximate surface area is 150 Å². The van der Waals surface area contributed by atoms with Gasteiger partial charge in [-0.2, -0.15) is 5.26 Å². The van der Waals surface area contributed by atoms with E-state index in [2.05, 4.69) is 10.3 Å². The molecule has 25 heavy (non-hydrogen) atoms. The Hall–Kier alpha value is -2.52. The second-order valence-electron chi connectivity index (χ2n) is 6.38. The van der Waals surface area contributed by atoms with Gasteiger partial charge in [-0.3, -0.25) is 14.5 Å². The Morgan fingerprint density at radius 1 is 1.32 bits per heavy atom. The van der Waals surface area contributed by atoms with Gasteiger partial charge in [-0.1, -0.05) is 30.5 Å². The summed E-state index contributed by atoms with van der Waals surface area (Å²) in [5.74, 6) is -0.853. The molecule has 1 aromatic heterocycles. The molecule has 2 N–H and O–H groups in total.